The lowest BCUT2D eigenvalue weighted by Crippen LogP contribution is -2.31. The van der Waals surface area contributed by atoms with Gasteiger partial charge >= 0.3 is 0 Å². The highest BCUT2D eigenvalue weighted by atomic mass is 35.5. The first-order valence-electron chi connectivity index (χ1n) is 13.3. The van der Waals surface area contributed by atoms with E-state index in [2.05, 4.69) is 23.6 Å². The van der Waals surface area contributed by atoms with E-state index in [1.807, 2.05) is 81.4 Å². The smallest absolute Gasteiger partial charge is 0.255 e. The van der Waals surface area contributed by atoms with Crippen LogP contribution in [0.1, 0.15) is 48.6 Å². The van der Waals surface area contributed by atoms with Gasteiger partial charge in [-0.1, -0.05) is 78.3 Å². The number of nitrogens with one attached hydrogen (secondary N) is 2. The summed E-state index contributed by atoms with van der Waals surface area (Å²) < 4.78 is 7.93. The average molecular weight is 574 g/mol. The summed E-state index contributed by atoms with van der Waals surface area (Å²) in [6.45, 7) is 8.38. The maximum Gasteiger partial charge on any atom is 0.255 e. The van der Waals surface area contributed by atoms with Crippen molar-refractivity contribution in [3.63, 3.8) is 0 Å². The molecule has 0 saturated heterocycles. The minimum atomic E-state index is -0.505. The normalized spacial score (nSPS) is 14.5. The van der Waals surface area contributed by atoms with Crippen LogP contribution in [-0.2, 0) is 11.4 Å². The van der Waals surface area contributed by atoms with E-state index in [9.17, 15) is 4.79 Å². The predicted octanol–water partition coefficient (Wildman–Crippen LogP) is 7.56. The van der Waals surface area contributed by atoms with Crippen LogP contribution in [0.4, 0.5) is 11.6 Å². The van der Waals surface area contributed by atoms with Crippen molar-refractivity contribution in [2.45, 2.75) is 51.9 Å². The zero-order chi connectivity index (χ0) is 28.2. The molecular formula is C31H32ClN5O2S. The molecule has 1 aliphatic heterocycles. The number of nitrogens with zero attached hydrogens (tertiary/aromatic N) is 3. The van der Waals surface area contributed by atoms with Gasteiger partial charge in [-0.2, -0.15) is 4.98 Å². The lowest BCUT2D eigenvalue weighted by atomic mass is 9.94. The fourth-order valence-corrected chi connectivity index (χ4v) is 5.56. The number of hydrogen-bond donors (Lipinski definition) is 2. The van der Waals surface area contributed by atoms with E-state index in [0.717, 1.165) is 45.8 Å². The monoisotopic (exact) mass is 573 g/mol. The number of amides is 1. The largest absolute Gasteiger partial charge is 0.489 e. The Morgan fingerprint density at radius 3 is 2.70 bits per heavy atom. The Labute approximate surface area is 244 Å². The van der Waals surface area contributed by atoms with Crippen LogP contribution in [0.2, 0.25) is 5.02 Å². The molecular weight excluding hydrogens is 542 g/mol. The molecule has 40 heavy (non-hydrogen) atoms. The highest BCUT2D eigenvalue weighted by molar-refractivity contribution is 7.99. The maximum atomic E-state index is 13.9. The zero-order valence-corrected chi connectivity index (χ0v) is 24.6. The van der Waals surface area contributed by atoms with Gasteiger partial charge in [0.15, 0.2) is 0 Å². The quantitative estimate of drug-likeness (QED) is 0.201. The first-order chi connectivity index (χ1) is 19.3. The Bertz CT molecular complexity index is 1580. The van der Waals surface area contributed by atoms with Crippen LogP contribution < -0.4 is 15.4 Å². The molecule has 5 rings (SSSR count). The Kier molecular flexibility index (Phi) is 8.47. The summed E-state index contributed by atoms with van der Waals surface area (Å²) in [6, 6.07) is 20.9. The van der Waals surface area contributed by atoms with E-state index < -0.39 is 6.04 Å². The Hall–Kier alpha value is -3.75. The van der Waals surface area contributed by atoms with Gasteiger partial charge in [0.2, 0.25) is 11.1 Å². The molecule has 1 atom stereocenters. The summed E-state index contributed by atoms with van der Waals surface area (Å²) in [4.78, 5) is 18.6. The van der Waals surface area contributed by atoms with Crippen molar-refractivity contribution in [3.8, 4) is 5.75 Å². The van der Waals surface area contributed by atoms with E-state index in [1.165, 1.54) is 0 Å². The second-order valence-corrected chi connectivity index (χ2v) is 11.3. The van der Waals surface area contributed by atoms with Crippen molar-refractivity contribution < 1.29 is 9.53 Å². The molecule has 9 heteroatoms. The third-order valence-corrected chi connectivity index (χ3v) is 8.08. The molecule has 0 radical (unpaired) electrons. The van der Waals surface area contributed by atoms with Crippen LogP contribution in [0.15, 0.2) is 83.2 Å². The van der Waals surface area contributed by atoms with E-state index in [4.69, 9.17) is 26.4 Å². The number of carbonyl (C=O) groups is 1. The number of carbonyl (C=O) groups excluding carboxylic acids is 1. The summed E-state index contributed by atoms with van der Waals surface area (Å²) in [6.07, 6.45) is 1.01. The first kappa shape index (κ1) is 27.8. The number of aromatic nitrogens is 3. The lowest BCUT2D eigenvalue weighted by Gasteiger charge is -2.29. The van der Waals surface area contributed by atoms with Crippen molar-refractivity contribution in [1.82, 2.24) is 14.8 Å². The van der Waals surface area contributed by atoms with Gasteiger partial charge in [-0.05, 0) is 62.6 Å². The van der Waals surface area contributed by atoms with E-state index in [-0.39, 0.29) is 5.91 Å². The van der Waals surface area contributed by atoms with Gasteiger partial charge in [0.25, 0.3) is 5.91 Å². The third-order valence-electron chi connectivity index (χ3n) is 6.67. The predicted molar refractivity (Wildman–Crippen MR) is 162 cm³/mol. The fraction of sp³-hybridized carbons (Fsp3) is 0.258. The van der Waals surface area contributed by atoms with Gasteiger partial charge in [0.05, 0.1) is 5.57 Å². The minimum absolute atomic E-state index is 0.201. The SMILES string of the molecule is CCCSc1nc2n(n1)C(c1cccc(OCc3ccccc3Cl)c1)C(C(=O)Nc1ccc(C)cc1C)=C(C)N2. The first-order valence-corrected chi connectivity index (χ1v) is 14.6. The second-order valence-electron chi connectivity index (χ2n) is 9.80. The molecule has 0 spiro atoms. The molecule has 0 fully saturated rings. The molecule has 1 aliphatic rings. The van der Waals surface area contributed by atoms with Crippen LogP contribution in [0.25, 0.3) is 0 Å². The highest BCUT2D eigenvalue weighted by Gasteiger charge is 2.34. The molecule has 0 saturated carbocycles. The molecule has 2 heterocycles. The number of thioether (sulfide) groups is 1. The van der Waals surface area contributed by atoms with E-state index in [1.54, 1.807) is 16.4 Å². The van der Waals surface area contributed by atoms with Gasteiger partial charge in [0, 0.05) is 27.7 Å². The van der Waals surface area contributed by atoms with Crippen LogP contribution in [0, 0.1) is 13.8 Å². The van der Waals surface area contributed by atoms with Crippen molar-refractivity contribution in [2.24, 2.45) is 0 Å². The van der Waals surface area contributed by atoms with Gasteiger partial charge in [-0.25, -0.2) is 4.68 Å². The van der Waals surface area contributed by atoms with Gasteiger partial charge in [-0.3, -0.25) is 4.79 Å². The molecule has 1 amide bonds. The minimum Gasteiger partial charge on any atom is -0.489 e. The number of aryl methyl sites for hydroxylation is 2. The van der Waals surface area contributed by atoms with Crippen LogP contribution in [0.3, 0.4) is 0 Å². The molecule has 0 bridgehead atoms. The molecule has 4 aromatic rings. The Morgan fingerprint density at radius 1 is 1.10 bits per heavy atom. The summed E-state index contributed by atoms with van der Waals surface area (Å²) in [5.74, 6) is 1.98. The van der Waals surface area contributed by atoms with E-state index >= 15 is 0 Å². The molecule has 3 aromatic carbocycles. The van der Waals surface area contributed by atoms with Crippen molar-refractivity contribution >= 4 is 40.9 Å². The third kappa shape index (κ3) is 6.03. The maximum absolute atomic E-state index is 13.9. The number of rotatable bonds is 9. The average Bonchev–Trinajstić information content (AvgIpc) is 3.34. The number of fused-ring (bicyclic) bond motifs is 1. The van der Waals surface area contributed by atoms with Crippen LogP contribution in [-0.4, -0.2) is 26.4 Å². The second kappa shape index (κ2) is 12.2. The number of benzene rings is 3. The van der Waals surface area contributed by atoms with Crippen molar-refractivity contribution in [3.05, 3.63) is 105 Å². The van der Waals surface area contributed by atoms with Crippen LogP contribution in [0.5, 0.6) is 5.75 Å². The van der Waals surface area contributed by atoms with Crippen molar-refractivity contribution in [2.75, 3.05) is 16.4 Å². The number of allylic oxidation sites excluding steroid dienone is 1. The van der Waals surface area contributed by atoms with Gasteiger partial charge in [-0.15, -0.1) is 5.10 Å². The standard InChI is InChI=1S/C31H32ClN5O2S/c1-5-15-40-31-35-30-33-21(4)27(29(38)34-26-14-13-19(2)16-20(26)3)28(37(30)36-31)22-10-8-11-24(17-22)39-18-23-9-6-7-12-25(23)32/h6-14,16-17,28H,5,15,18H2,1-4H3,(H,34,38)(H,33,35,36). The fourth-order valence-electron chi connectivity index (χ4n) is 4.68. The van der Waals surface area contributed by atoms with Gasteiger partial charge < -0.3 is 15.4 Å². The number of anilines is 2. The van der Waals surface area contributed by atoms with Crippen LogP contribution >= 0.6 is 23.4 Å². The summed E-state index contributed by atoms with van der Waals surface area (Å²) in [5.41, 5.74) is 5.96. The van der Waals surface area contributed by atoms with E-state index in [0.29, 0.717) is 34.1 Å². The zero-order valence-electron chi connectivity index (χ0n) is 23.0. The number of hydrogen-bond acceptors (Lipinski definition) is 6. The molecule has 1 aromatic heterocycles. The Morgan fingerprint density at radius 2 is 1.93 bits per heavy atom. The number of halogens is 1. The summed E-state index contributed by atoms with van der Waals surface area (Å²) in [7, 11) is 0. The van der Waals surface area contributed by atoms with Crippen molar-refractivity contribution in [1.29, 1.82) is 0 Å². The summed E-state index contributed by atoms with van der Waals surface area (Å²) >= 11 is 7.94. The topological polar surface area (TPSA) is 81.1 Å². The lowest BCUT2D eigenvalue weighted by molar-refractivity contribution is -0.113. The molecule has 1 unspecified atom stereocenters. The van der Waals surface area contributed by atoms with Gasteiger partial charge in [0.1, 0.15) is 18.4 Å². The highest BCUT2D eigenvalue weighted by Crippen LogP contribution is 2.38. The number of ether oxygens (including phenoxy) is 1. The molecule has 7 nitrogen and oxygen atoms in total. The molecule has 0 aliphatic carbocycles. The Balaban J connectivity index is 1.51. The summed E-state index contributed by atoms with van der Waals surface area (Å²) in [5, 5.41) is 12.6. The molecule has 206 valence electrons. The molecule has 2 N–H and O–H groups in total.